The molecule has 0 amide bonds. The third-order valence-corrected chi connectivity index (χ3v) is 6.80. The highest BCUT2D eigenvalue weighted by Crippen LogP contribution is 2.38. The average molecular weight is 581 g/mol. The van der Waals surface area contributed by atoms with Crippen LogP contribution < -0.4 is 19.9 Å². The van der Waals surface area contributed by atoms with Crippen LogP contribution in [0.15, 0.2) is 84.2 Å². The van der Waals surface area contributed by atoms with Gasteiger partial charge in [0.25, 0.3) is 0 Å². The largest absolute Gasteiger partial charge is 0.495 e. The van der Waals surface area contributed by atoms with Crippen LogP contribution in [0.5, 0.6) is 5.75 Å². The van der Waals surface area contributed by atoms with E-state index in [1.165, 1.54) is 22.5 Å². The van der Waals surface area contributed by atoms with Crippen molar-refractivity contribution in [3.8, 4) is 5.75 Å². The van der Waals surface area contributed by atoms with Gasteiger partial charge in [0, 0.05) is 50.2 Å². The summed E-state index contributed by atoms with van der Waals surface area (Å²) in [4.78, 5) is 6.77. The number of nitrogens with zero attached hydrogens (tertiary/aromatic N) is 3. The summed E-state index contributed by atoms with van der Waals surface area (Å²) in [6.45, 7) is 29.0. The first-order chi connectivity index (χ1) is 19.5. The van der Waals surface area contributed by atoms with Gasteiger partial charge >= 0.3 is 0 Å². The Kier molecular flexibility index (Phi) is 16.0. The Morgan fingerprint density at radius 2 is 1.63 bits per heavy atom. The maximum Gasteiger partial charge on any atom is 0.142 e. The van der Waals surface area contributed by atoms with Crippen molar-refractivity contribution in [2.75, 3.05) is 56.8 Å². The number of methoxy groups -OCH3 is 1. The van der Waals surface area contributed by atoms with Crippen LogP contribution in [-0.2, 0) is 0 Å². The van der Waals surface area contributed by atoms with E-state index < -0.39 is 0 Å². The minimum atomic E-state index is 0.750. The fourth-order valence-electron chi connectivity index (χ4n) is 4.69. The molecule has 4 rings (SSSR count). The first-order valence-electron chi connectivity index (χ1n) is 14.5. The SMILES string of the molecule is C=C(C)C.C=C1/C(=C/C)C(=CC)N(C)CN1c1c(C)cccc1Cl.CC.COc1cc(C)ccc1N1CCNCC1. The molecule has 0 spiro atoms. The number of hydrogen-bond donors (Lipinski definition) is 1. The van der Waals surface area contributed by atoms with Gasteiger partial charge in [-0.25, -0.2) is 0 Å². The highest BCUT2D eigenvalue weighted by Gasteiger charge is 2.27. The van der Waals surface area contributed by atoms with E-state index >= 15 is 0 Å². The van der Waals surface area contributed by atoms with E-state index in [1.54, 1.807) is 7.11 Å². The van der Waals surface area contributed by atoms with Crippen LogP contribution in [-0.4, -0.2) is 51.9 Å². The van der Waals surface area contributed by atoms with Gasteiger partial charge in [-0.3, -0.25) is 0 Å². The summed E-state index contributed by atoms with van der Waals surface area (Å²) in [5.41, 5.74) is 9.18. The van der Waals surface area contributed by atoms with Gasteiger partial charge in [-0.15, -0.1) is 6.58 Å². The Hall–Kier alpha value is -3.15. The summed E-state index contributed by atoms with van der Waals surface area (Å²) in [6.07, 6.45) is 4.23. The summed E-state index contributed by atoms with van der Waals surface area (Å²) in [6, 6.07) is 12.4. The number of nitrogens with one attached hydrogen (secondary N) is 1. The molecule has 0 bridgehead atoms. The number of para-hydroxylation sites is 1. The quantitative estimate of drug-likeness (QED) is 0.367. The molecule has 0 unspecified atom stereocenters. The molecule has 0 aromatic heterocycles. The second kappa shape index (κ2) is 18.3. The van der Waals surface area contributed by atoms with Crippen molar-refractivity contribution in [2.24, 2.45) is 0 Å². The molecule has 2 aromatic rings. The summed E-state index contributed by atoms with van der Waals surface area (Å²) < 4.78 is 5.42. The number of aryl methyl sites for hydroxylation is 2. The third-order valence-electron chi connectivity index (χ3n) is 6.49. The van der Waals surface area contributed by atoms with Crippen molar-refractivity contribution in [1.29, 1.82) is 0 Å². The minimum Gasteiger partial charge on any atom is -0.495 e. The van der Waals surface area contributed by atoms with Crippen LogP contribution in [0.3, 0.4) is 0 Å². The second-order valence-corrected chi connectivity index (χ2v) is 10.5. The Morgan fingerprint density at radius 3 is 2.15 bits per heavy atom. The molecule has 2 aliphatic heterocycles. The lowest BCUT2D eigenvalue weighted by Crippen LogP contribution is -2.43. The average Bonchev–Trinajstić information content (AvgIpc) is 2.95. The van der Waals surface area contributed by atoms with Crippen molar-refractivity contribution in [3.05, 3.63) is 100 Å². The zero-order valence-corrected chi connectivity index (χ0v) is 28.0. The summed E-state index contributed by atoms with van der Waals surface area (Å²) in [7, 11) is 3.82. The molecule has 41 heavy (non-hydrogen) atoms. The summed E-state index contributed by atoms with van der Waals surface area (Å²) in [5.74, 6) is 0.983. The van der Waals surface area contributed by atoms with E-state index in [0.717, 1.165) is 66.1 Å². The zero-order chi connectivity index (χ0) is 31.1. The van der Waals surface area contributed by atoms with Crippen molar-refractivity contribution in [2.45, 2.75) is 55.4 Å². The molecule has 2 aliphatic rings. The Labute approximate surface area is 255 Å². The second-order valence-electron chi connectivity index (χ2n) is 10.1. The standard InChI is InChI=1S/C17H21ClN2.C12H18N2O.C4H8.C2H6/c1-6-14-13(4)20(11-19(5)16(14)7-2)17-12(3)9-8-10-15(17)18;1-10-3-4-11(12(9-10)15-2)14-7-5-13-6-8-14;1-4(2)3;1-2/h6-10H,4,11H2,1-3,5H3;3-4,9,13H,5-8H2,1-2H3;1H2,2-3H3;1-2H3/b14-6-,16-7?;;;. The normalized spacial score (nSPS) is 16.7. The molecule has 0 saturated carbocycles. The number of ether oxygens (including phenoxy) is 1. The molecular formula is C35H53ClN4O. The van der Waals surface area contributed by atoms with Gasteiger partial charge in [-0.2, -0.15) is 0 Å². The smallest absolute Gasteiger partial charge is 0.142 e. The third kappa shape index (κ3) is 10.3. The molecular weight excluding hydrogens is 528 g/mol. The van der Waals surface area contributed by atoms with E-state index in [1.807, 2.05) is 46.8 Å². The van der Waals surface area contributed by atoms with Crippen LogP contribution in [0.4, 0.5) is 11.4 Å². The van der Waals surface area contributed by atoms with Crippen molar-refractivity contribution in [1.82, 2.24) is 10.2 Å². The van der Waals surface area contributed by atoms with Crippen molar-refractivity contribution in [3.63, 3.8) is 0 Å². The van der Waals surface area contributed by atoms with Gasteiger partial charge in [0.2, 0.25) is 0 Å². The number of allylic oxidation sites excluding steroid dienone is 3. The highest BCUT2D eigenvalue weighted by atomic mass is 35.5. The van der Waals surface area contributed by atoms with E-state index in [2.05, 4.69) is 97.4 Å². The van der Waals surface area contributed by atoms with E-state index in [0.29, 0.717) is 0 Å². The summed E-state index contributed by atoms with van der Waals surface area (Å²) >= 11 is 6.40. The van der Waals surface area contributed by atoms with Gasteiger partial charge in [0.05, 0.1) is 30.2 Å². The molecule has 2 heterocycles. The molecule has 0 aliphatic carbocycles. The van der Waals surface area contributed by atoms with Gasteiger partial charge in [-0.05, 0) is 70.9 Å². The Balaban J connectivity index is 0.000000353. The first-order valence-corrected chi connectivity index (χ1v) is 14.9. The van der Waals surface area contributed by atoms with Crippen molar-refractivity contribution < 1.29 is 4.74 Å². The number of likely N-dealkylation sites (N-methyl/N-ethyl adjacent to an activating group) is 1. The number of rotatable bonds is 3. The molecule has 226 valence electrons. The fraction of sp³-hybridized carbons (Fsp3) is 0.429. The molecule has 2 saturated heterocycles. The number of piperazine rings is 1. The molecule has 0 atom stereocenters. The molecule has 2 aromatic carbocycles. The number of halogens is 1. The maximum absolute atomic E-state index is 6.40. The van der Waals surface area contributed by atoms with Crippen LogP contribution in [0.2, 0.25) is 5.02 Å². The molecule has 2 fully saturated rings. The Morgan fingerprint density at radius 1 is 1.02 bits per heavy atom. The van der Waals surface area contributed by atoms with Crippen molar-refractivity contribution >= 4 is 23.0 Å². The fourth-order valence-corrected chi connectivity index (χ4v) is 5.01. The van der Waals surface area contributed by atoms with Crippen LogP contribution >= 0.6 is 11.6 Å². The van der Waals surface area contributed by atoms with Crippen LogP contribution in [0, 0.1) is 13.8 Å². The number of benzene rings is 2. The van der Waals surface area contributed by atoms with Crippen LogP contribution in [0.1, 0.15) is 52.7 Å². The van der Waals surface area contributed by atoms with E-state index in [9.17, 15) is 0 Å². The maximum atomic E-state index is 6.40. The highest BCUT2D eigenvalue weighted by molar-refractivity contribution is 6.33. The lowest BCUT2D eigenvalue weighted by atomic mass is 10.0. The molecule has 0 radical (unpaired) electrons. The lowest BCUT2D eigenvalue weighted by Gasteiger charge is -2.41. The lowest BCUT2D eigenvalue weighted by molar-refractivity contribution is 0.410. The molecule has 6 heteroatoms. The molecule has 1 N–H and O–H groups in total. The van der Waals surface area contributed by atoms with Gasteiger partial charge < -0.3 is 24.8 Å². The van der Waals surface area contributed by atoms with Gasteiger partial charge in [-0.1, -0.05) is 68.0 Å². The predicted molar refractivity (Wildman–Crippen MR) is 183 cm³/mol. The van der Waals surface area contributed by atoms with Crippen LogP contribution in [0.25, 0.3) is 0 Å². The summed E-state index contributed by atoms with van der Waals surface area (Å²) in [5, 5.41) is 4.11. The zero-order valence-electron chi connectivity index (χ0n) is 27.2. The number of hydrogen-bond acceptors (Lipinski definition) is 5. The minimum absolute atomic E-state index is 0.750. The van der Waals surface area contributed by atoms with Gasteiger partial charge in [0.1, 0.15) is 5.75 Å². The predicted octanol–water partition coefficient (Wildman–Crippen LogP) is 8.74. The topological polar surface area (TPSA) is 31.0 Å². The van der Waals surface area contributed by atoms with E-state index in [-0.39, 0.29) is 0 Å². The monoisotopic (exact) mass is 580 g/mol. The Bertz CT molecular complexity index is 1170. The van der Waals surface area contributed by atoms with E-state index in [4.69, 9.17) is 16.3 Å². The first kappa shape index (κ1) is 35.9. The molecule has 5 nitrogen and oxygen atoms in total. The van der Waals surface area contributed by atoms with Gasteiger partial charge in [0.15, 0.2) is 0 Å². The number of anilines is 2.